The third-order valence-corrected chi connectivity index (χ3v) is 5.67. The van der Waals surface area contributed by atoms with E-state index < -0.39 is 0 Å². The lowest BCUT2D eigenvalue weighted by Crippen LogP contribution is -2.28. The highest BCUT2D eigenvalue weighted by molar-refractivity contribution is 8.18. The number of furan rings is 1. The summed E-state index contributed by atoms with van der Waals surface area (Å²) in [6.45, 7) is 4.04. The molecule has 0 saturated carbocycles. The molecule has 2 aliphatic rings. The van der Waals surface area contributed by atoms with Crippen molar-refractivity contribution in [3.8, 4) is 5.75 Å². The summed E-state index contributed by atoms with van der Waals surface area (Å²) in [5.74, 6) is 2.04. The summed E-state index contributed by atoms with van der Waals surface area (Å²) >= 11 is 1.30. The first kappa shape index (κ1) is 18.7. The zero-order valence-corrected chi connectivity index (χ0v) is 16.8. The van der Waals surface area contributed by atoms with Crippen molar-refractivity contribution in [1.29, 1.82) is 0 Å². The highest BCUT2D eigenvalue weighted by Gasteiger charge is 2.25. The Kier molecular flexibility index (Phi) is 5.43. The van der Waals surface area contributed by atoms with Gasteiger partial charge in [0.2, 0.25) is 0 Å². The summed E-state index contributed by atoms with van der Waals surface area (Å²) in [7, 11) is 1.61. The molecule has 2 fully saturated rings. The second-order valence-electron chi connectivity index (χ2n) is 6.88. The van der Waals surface area contributed by atoms with Crippen molar-refractivity contribution >= 4 is 40.5 Å². The van der Waals surface area contributed by atoms with Crippen molar-refractivity contribution in [2.75, 3.05) is 25.1 Å². The van der Waals surface area contributed by atoms with Gasteiger partial charge < -0.3 is 19.4 Å². The number of methoxy groups -OCH3 is 1. The number of amides is 1. The SMILES string of the molecule is COc1ccc(C)cc1N=C1NC(=O)/C(=C/c2ccc(N3CCCCC3)o2)S1. The second-order valence-corrected chi connectivity index (χ2v) is 7.91. The van der Waals surface area contributed by atoms with Crippen molar-refractivity contribution in [3.05, 3.63) is 46.6 Å². The number of thioether (sulfide) groups is 1. The number of anilines is 1. The Morgan fingerprint density at radius 2 is 2.04 bits per heavy atom. The summed E-state index contributed by atoms with van der Waals surface area (Å²) in [6.07, 6.45) is 5.43. The average Bonchev–Trinajstić information content (AvgIpc) is 3.30. The molecule has 1 aromatic heterocycles. The van der Waals surface area contributed by atoms with Crippen LogP contribution >= 0.6 is 11.8 Å². The highest BCUT2D eigenvalue weighted by atomic mass is 32.2. The van der Waals surface area contributed by atoms with E-state index >= 15 is 0 Å². The molecule has 0 atom stereocenters. The molecular formula is C21H23N3O3S. The van der Waals surface area contributed by atoms with Crippen molar-refractivity contribution < 1.29 is 13.9 Å². The quantitative estimate of drug-likeness (QED) is 0.771. The molecule has 3 heterocycles. The van der Waals surface area contributed by atoms with Crippen LogP contribution in [0.15, 0.2) is 44.6 Å². The van der Waals surface area contributed by atoms with Crippen LogP contribution < -0.4 is 15.0 Å². The van der Waals surface area contributed by atoms with Gasteiger partial charge in [0.1, 0.15) is 17.2 Å². The maximum Gasteiger partial charge on any atom is 0.264 e. The molecule has 7 heteroatoms. The van der Waals surface area contributed by atoms with Gasteiger partial charge in [-0.15, -0.1) is 0 Å². The Labute approximate surface area is 168 Å². The van der Waals surface area contributed by atoms with Gasteiger partial charge in [0.25, 0.3) is 5.91 Å². The summed E-state index contributed by atoms with van der Waals surface area (Å²) in [4.78, 5) is 19.7. The number of nitrogens with zero attached hydrogens (tertiary/aromatic N) is 2. The molecule has 28 heavy (non-hydrogen) atoms. The standard InChI is InChI=1S/C21H23N3O3S/c1-14-6-8-17(26-2)16(12-14)22-21-23-20(25)18(28-21)13-15-7-9-19(27-15)24-10-4-3-5-11-24/h6-9,12-13H,3-5,10-11H2,1-2H3,(H,22,23,25)/b18-13-. The number of piperidine rings is 1. The number of carbonyl (C=O) groups is 1. The number of amidine groups is 1. The molecule has 0 unspecified atom stereocenters. The number of aliphatic imine (C=N–C) groups is 1. The van der Waals surface area contributed by atoms with E-state index in [2.05, 4.69) is 15.2 Å². The fraction of sp³-hybridized carbons (Fsp3) is 0.333. The molecular weight excluding hydrogens is 374 g/mol. The first-order valence-corrected chi connectivity index (χ1v) is 10.2. The fourth-order valence-electron chi connectivity index (χ4n) is 3.31. The number of benzene rings is 1. The van der Waals surface area contributed by atoms with E-state index in [4.69, 9.17) is 9.15 Å². The normalized spacial score (nSPS) is 20.1. The van der Waals surface area contributed by atoms with Crippen LogP contribution in [0.2, 0.25) is 0 Å². The van der Waals surface area contributed by atoms with Crippen LogP contribution in [0.3, 0.4) is 0 Å². The van der Waals surface area contributed by atoms with Gasteiger partial charge in [-0.25, -0.2) is 4.99 Å². The topological polar surface area (TPSA) is 67.1 Å². The largest absolute Gasteiger partial charge is 0.494 e. The minimum atomic E-state index is -0.175. The minimum absolute atomic E-state index is 0.175. The molecule has 1 N–H and O–H groups in total. The zero-order chi connectivity index (χ0) is 19.5. The number of ether oxygens (including phenoxy) is 1. The van der Waals surface area contributed by atoms with E-state index in [1.165, 1.54) is 31.0 Å². The average molecular weight is 398 g/mol. The molecule has 6 nitrogen and oxygen atoms in total. The summed E-state index contributed by atoms with van der Waals surface area (Å²) in [6, 6.07) is 9.64. The molecule has 0 aliphatic carbocycles. The molecule has 1 aromatic carbocycles. The fourth-order valence-corrected chi connectivity index (χ4v) is 4.13. The van der Waals surface area contributed by atoms with E-state index in [0.717, 1.165) is 24.5 Å². The monoisotopic (exact) mass is 397 g/mol. The summed E-state index contributed by atoms with van der Waals surface area (Å²) in [5.41, 5.74) is 1.77. The van der Waals surface area contributed by atoms with Gasteiger partial charge in [-0.2, -0.15) is 0 Å². The van der Waals surface area contributed by atoms with Crippen molar-refractivity contribution in [3.63, 3.8) is 0 Å². The van der Waals surface area contributed by atoms with Gasteiger partial charge >= 0.3 is 0 Å². The molecule has 0 bridgehead atoms. The summed E-state index contributed by atoms with van der Waals surface area (Å²) < 4.78 is 11.3. The number of hydrogen-bond acceptors (Lipinski definition) is 6. The van der Waals surface area contributed by atoms with E-state index in [1.807, 2.05) is 37.3 Å². The Bertz CT molecular complexity index is 942. The number of carbonyl (C=O) groups excluding carboxylic acids is 1. The Morgan fingerprint density at radius 1 is 1.21 bits per heavy atom. The minimum Gasteiger partial charge on any atom is -0.494 e. The zero-order valence-electron chi connectivity index (χ0n) is 16.0. The van der Waals surface area contributed by atoms with Crippen LogP contribution in [0, 0.1) is 6.92 Å². The van der Waals surface area contributed by atoms with Crippen molar-refractivity contribution in [2.45, 2.75) is 26.2 Å². The van der Waals surface area contributed by atoms with Crippen molar-refractivity contribution in [2.24, 2.45) is 4.99 Å². The molecule has 4 rings (SSSR count). The van der Waals surface area contributed by atoms with Gasteiger partial charge in [0.15, 0.2) is 11.1 Å². The molecule has 0 radical (unpaired) electrons. The Hall–Kier alpha value is -2.67. The lowest BCUT2D eigenvalue weighted by Gasteiger charge is -2.25. The molecule has 0 spiro atoms. The molecule has 2 saturated heterocycles. The van der Waals surface area contributed by atoms with E-state index in [9.17, 15) is 4.79 Å². The van der Waals surface area contributed by atoms with Crippen molar-refractivity contribution in [1.82, 2.24) is 5.32 Å². The van der Waals surface area contributed by atoms with E-state index in [0.29, 0.717) is 27.3 Å². The predicted molar refractivity (Wildman–Crippen MR) is 113 cm³/mol. The number of rotatable bonds is 4. The number of hydrogen-bond donors (Lipinski definition) is 1. The maximum absolute atomic E-state index is 12.3. The van der Waals surface area contributed by atoms with Crippen LogP contribution in [0.4, 0.5) is 11.6 Å². The van der Waals surface area contributed by atoms with Gasteiger partial charge in [-0.05, 0) is 61.7 Å². The van der Waals surface area contributed by atoms with Gasteiger partial charge in [0.05, 0.1) is 12.0 Å². The van der Waals surface area contributed by atoms with Gasteiger partial charge in [-0.1, -0.05) is 6.07 Å². The molecule has 1 amide bonds. The van der Waals surface area contributed by atoms with E-state index in [1.54, 1.807) is 13.2 Å². The smallest absolute Gasteiger partial charge is 0.264 e. The predicted octanol–water partition coefficient (Wildman–Crippen LogP) is 4.48. The van der Waals surface area contributed by atoms with Crippen LogP contribution in [-0.4, -0.2) is 31.3 Å². The van der Waals surface area contributed by atoms with E-state index in [-0.39, 0.29) is 5.91 Å². The number of nitrogens with one attached hydrogen (secondary N) is 1. The highest BCUT2D eigenvalue weighted by Crippen LogP contribution is 2.33. The Morgan fingerprint density at radius 3 is 2.82 bits per heavy atom. The van der Waals surface area contributed by atoms with Crippen LogP contribution in [0.5, 0.6) is 5.75 Å². The van der Waals surface area contributed by atoms with Gasteiger partial charge in [0, 0.05) is 25.2 Å². The van der Waals surface area contributed by atoms with Gasteiger partial charge in [-0.3, -0.25) is 4.79 Å². The third-order valence-electron chi connectivity index (χ3n) is 4.76. The molecule has 2 aromatic rings. The lowest BCUT2D eigenvalue weighted by molar-refractivity contribution is -0.115. The molecule has 146 valence electrons. The first-order valence-electron chi connectivity index (χ1n) is 9.41. The van der Waals surface area contributed by atoms with Crippen LogP contribution in [0.1, 0.15) is 30.6 Å². The first-order chi connectivity index (χ1) is 13.6. The maximum atomic E-state index is 12.3. The summed E-state index contributed by atoms with van der Waals surface area (Å²) in [5, 5.41) is 3.34. The van der Waals surface area contributed by atoms with Crippen LogP contribution in [0.25, 0.3) is 6.08 Å². The molecule has 2 aliphatic heterocycles. The Balaban J connectivity index is 1.52. The van der Waals surface area contributed by atoms with Crippen LogP contribution in [-0.2, 0) is 4.79 Å². The number of aryl methyl sites for hydroxylation is 1. The second kappa shape index (κ2) is 8.14. The lowest BCUT2D eigenvalue weighted by atomic mass is 10.1. The third kappa shape index (κ3) is 4.09.